The second-order valence-corrected chi connectivity index (χ2v) is 10.9. The number of amides is 4. The third-order valence-corrected chi connectivity index (χ3v) is 5.73. The van der Waals surface area contributed by atoms with Crippen molar-refractivity contribution in [2.75, 3.05) is 11.9 Å². The first-order valence-corrected chi connectivity index (χ1v) is 13.8. The van der Waals surface area contributed by atoms with Gasteiger partial charge in [0.1, 0.15) is 24.3 Å². The van der Waals surface area contributed by atoms with Gasteiger partial charge in [-0.25, -0.2) is 9.59 Å². The third-order valence-electron chi connectivity index (χ3n) is 5.73. The normalized spacial score (nSPS) is 12.0. The van der Waals surface area contributed by atoms with Crippen molar-refractivity contribution in [3.8, 4) is 11.8 Å². The Morgan fingerprint density at radius 1 is 0.909 bits per heavy atom. The number of alkyl carbamates (subject to hydrolysis) is 2. The zero-order chi connectivity index (χ0) is 32.9. The molecule has 0 saturated heterocycles. The number of anilines is 1. The molecule has 0 aliphatic rings. The predicted octanol–water partition coefficient (Wildman–Crippen LogP) is 2.86. The quantitative estimate of drug-likeness (QED) is 0.167. The Morgan fingerprint density at radius 2 is 1.52 bits per heavy atom. The van der Waals surface area contributed by atoms with Crippen LogP contribution in [0.2, 0.25) is 0 Å². The number of aliphatic hydroxyl groups excluding tert-OH is 2. The zero-order valence-corrected chi connectivity index (χ0v) is 25.6. The first-order chi connectivity index (χ1) is 20.7. The van der Waals surface area contributed by atoms with Crippen molar-refractivity contribution >= 4 is 29.7 Å². The first-order valence-electron chi connectivity index (χ1n) is 13.8. The molecule has 0 radical (unpaired) electrons. The second kappa shape index (κ2) is 16.7. The van der Waals surface area contributed by atoms with Gasteiger partial charge in [0.2, 0.25) is 11.8 Å². The van der Waals surface area contributed by atoms with E-state index in [0.717, 1.165) is 0 Å². The van der Waals surface area contributed by atoms with Crippen LogP contribution in [0.5, 0.6) is 0 Å². The molecule has 0 bridgehead atoms. The molecule has 2 rings (SSSR count). The number of ether oxygens (including phenoxy) is 2. The highest BCUT2D eigenvalue weighted by atomic mass is 16.6. The molecule has 12 heteroatoms. The molecule has 0 fully saturated rings. The fourth-order valence-corrected chi connectivity index (χ4v) is 3.61. The first kappa shape index (κ1) is 35.3. The molecule has 2 aromatic rings. The highest BCUT2D eigenvalue weighted by molar-refractivity contribution is 5.98. The van der Waals surface area contributed by atoms with Crippen LogP contribution in [-0.2, 0) is 38.9 Å². The van der Waals surface area contributed by atoms with Gasteiger partial charge in [0, 0.05) is 11.3 Å². The number of nitrogens with one attached hydrogen (secondary N) is 4. The SMILES string of the molecule is C=C(C)[C@H](NC(=O)OC(C)(C)C)C(=O)N[C@@H](C)C(=O)Nc1ccc(COC(=O)NCC#Cc2cc(CO)cc(CO)c2)cc1. The highest BCUT2D eigenvalue weighted by Gasteiger charge is 2.27. The Bertz CT molecular complexity index is 1380. The minimum Gasteiger partial charge on any atom is -0.445 e. The molecule has 4 amide bonds. The van der Waals surface area contributed by atoms with Gasteiger partial charge < -0.3 is 41.0 Å². The van der Waals surface area contributed by atoms with Gasteiger partial charge in [-0.1, -0.05) is 36.6 Å². The lowest BCUT2D eigenvalue weighted by molar-refractivity contribution is -0.126. The molecule has 0 saturated carbocycles. The summed E-state index contributed by atoms with van der Waals surface area (Å²) in [6, 6.07) is 9.62. The van der Waals surface area contributed by atoms with Crippen molar-refractivity contribution in [2.24, 2.45) is 0 Å². The number of hydrogen-bond donors (Lipinski definition) is 6. The van der Waals surface area contributed by atoms with E-state index in [9.17, 15) is 29.4 Å². The molecule has 0 unspecified atom stereocenters. The Labute approximate surface area is 257 Å². The summed E-state index contributed by atoms with van der Waals surface area (Å²) in [6.45, 7) is 11.5. The summed E-state index contributed by atoms with van der Waals surface area (Å²) >= 11 is 0. The maximum Gasteiger partial charge on any atom is 0.408 e. The van der Waals surface area contributed by atoms with Crippen LogP contribution in [0, 0.1) is 11.8 Å². The van der Waals surface area contributed by atoms with Gasteiger partial charge in [0.05, 0.1) is 19.8 Å². The Hall–Kier alpha value is -4.86. The molecule has 0 aliphatic heterocycles. The maximum atomic E-state index is 12.7. The van der Waals surface area contributed by atoms with E-state index >= 15 is 0 Å². The van der Waals surface area contributed by atoms with Gasteiger partial charge in [-0.05, 0) is 81.1 Å². The van der Waals surface area contributed by atoms with Crippen LogP contribution >= 0.6 is 0 Å². The van der Waals surface area contributed by atoms with E-state index in [-0.39, 0.29) is 26.4 Å². The predicted molar refractivity (Wildman–Crippen MR) is 164 cm³/mol. The van der Waals surface area contributed by atoms with Crippen LogP contribution in [0.15, 0.2) is 54.6 Å². The third kappa shape index (κ3) is 12.6. The topological polar surface area (TPSA) is 175 Å². The molecule has 44 heavy (non-hydrogen) atoms. The summed E-state index contributed by atoms with van der Waals surface area (Å²) in [7, 11) is 0. The average Bonchev–Trinajstić information content (AvgIpc) is 2.96. The van der Waals surface area contributed by atoms with E-state index in [0.29, 0.717) is 33.5 Å². The largest absolute Gasteiger partial charge is 0.445 e. The summed E-state index contributed by atoms with van der Waals surface area (Å²) < 4.78 is 10.4. The molecule has 2 atom stereocenters. The van der Waals surface area contributed by atoms with E-state index in [1.165, 1.54) is 6.92 Å². The average molecular weight is 609 g/mol. The number of carbonyl (C=O) groups is 4. The molecule has 6 N–H and O–H groups in total. The Morgan fingerprint density at radius 3 is 2.07 bits per heavy atom. The molecule has 12 nitrogen and oxygen atoms in total. The summed E-state index contributed by atoms with van der Waals surface area (Å²) in [5.41, 5.74) is 2.59. The Balaban J connectivity index is 1.81. The molecule has 236 valence electrons. The molecular formula is C32H40N4O8. The highest BCUT2D eigenvalue weighted by Crippen LogP contribution is 2.12. The minimum absolute atomic E-state index is 0.0225. The van der Waals surface area contributed by atoms with E-state index in [4.69, 9.17) is 9.47 Å². The van der Waals surface area contributed by atoms with Crippen LogP contribution in [0.25, 0.3) is 0 Å². The van der Waals surface area contributed by atoms with Gasteiger partial charge in [-0.15, -0.1) is 0 Å². The number of aliphatic hydroxyl groups is 2. The fraction of sp³-hybridized carbons (Fsp3) is 0.375. The van der Waals surface area contributed by atoms with E-state index < -0.39 is 41.7 Å². The van der Waals surface area contributed by atoms with Gasteiger partial charge in [-0.3, -0.25) is 9.59 Å². The van der Waals surface area contributed by atoms with Crippen LogP contribution in [0.1, 0.15) is 56.9 Å². The lowest BCUT2D eigenvalue weighted by Gasteiger charge is -2.24. The second-order valence-electron chi connectivity index (χ2n) is 10.9. The summed E-state index contributed by atoms with van der Waals surface area (Å²) in [5.74, 6) is 4.54. The van der Waals surface area contributed by atoms with Crippen LogP contribution in [-0.4, -0.2) is 58.4 Å². The summed E-state index contributed by atoms with van der Waals surface area (Å²) in [5, 5.41) is 28.8. The van der Waals surface area contributed by atoms with Crippen molar-refractivity contribution in [2.45, 2.75) is 72.1 Å². The summed E-state index contributed by atoms with van der Waals surface area (Å²) in [6.07, 6.45) is -1.46. The van der Waals surface area contributed by atoms with Crippen LogP contribution in [0.3, 0.4) is 0 Å². The van der Waals surface area contributed by atoms with Crippen molar-refractivity contribution in [1.29, 1.82) is 0 Å². The van der Waals surface area contributed by atoms with Crippen LogP contribution in [0.4, 0.5) is 15.3 Å². The molecule has 0 spiro atoms. The lowest BCUT2D eigenvalue weighted by atomic mass is 10.1. The molecule has 0 aliphatic carbocycles. The van der Waals surface area contributed by atoms with Gasteiger partial charge in [0.15, 0.2) is 0 Å². The van der Waals surface area contributed by atoms with Crippen molar-refractivity contribution in [3.63, 3.8) is 0 Å². The van der Waals surface area contributed by atoms with Crippen molar-refractivity contribution in [1.82, 2.24) is 16.0 Å². The lowest BCUT2D eigenvalue weighted by Crippen LogP contribution is -2.52. The molecule has 0 aromatic heterocycles. The minimum atomic E-state index is -1.09. The van der Waals surface area contributed by atoms with E-state index in [1.54, 1.807) is 70.2 Å². The Kier molecular flexibility index (Phi) is 13.4. The van der Waals surface area contributed by atoms with Gasteiger partial charge in [-0.2, -0.15) is 0 Å². The van der Waals surface area contributed by atoms with Gasteiger partial charge in [0.25, 0.3) is 0 Å². The zero-order valence-electron chi connectivity index (χ0n) is 25.6. The standard InChI is InChI=1S/C32H40N4O8/c1-20(2)27(36-31(42)44-32(4,5)6)29(40)34-21(3)28(39)35-26-11-9-22(10-12-26)19-43-30(41)33-13-7-8-23-14-24(17-37)16-25(15-23)18-38/h9-12,14-16,21,27,37-38H,1,13,17-19H2,2-6H3,(H,33,41)(H,34,40)(H,35,39)(H,36,42)/t21-,27-/m0/s1. The molecule has 2 aromatic carbocycles. The van der Waals surface area contributed by atoms with E-state index in [2.05, 4.69) is 39.7 Å². The number of hydrogen-bond acceptors (Lipinski definition) is 8. The van der Waals surface area contributed by atoms with Crippen molar-refractivity contribution < 1.29 is 38.9 Å². The monoisotopic (exact) mass is 608 g/mol. The summed E-state index contributed by atoms with van der Waals surface area (Å²) in [4.78, 5) is 49.5. The number of benzene rings is 2. The van der Waals surface area contributed by atoms with Gasteiger partial charge >= 0.3 is 12.2 Å². The molecular weight excluding hydrogens is 568 g/mol. The fourth-order valence-electron chi connectivity index (χ4n) is 3.61. The van der Waals surface area contributed by atoms with E-state index in [1.807, 2.05) is 0 Å². The van der Waals surface area contributed by atoms with Crippen LogP contribution < -0.4 is 21.3 Å². The maximum absolute atomic E-state index is 12.7. The molecule has 0 heterocycles. The smallest absolute Gasteiger partial charge is 0.408 e. The number of rotatable bonds is 11. The van der Waals surface area contributed by atoms with Crippen molar-refractivity contribution in [3.05, 3.63) is 76.9 Å². The number of carbonyl (C=O) groups excluding carboxylic acids is 4.